The Balaban J connectivity index is 0.00000289. The van der Waals surface area contributed by atoms with E-state index in [1.807, 2.05) is 5.38 Å². The lowest BCUT2D eigenvalue weighted by Crippen LogP contribution is -2.21. The average molecular weight is 310 g/mol. The number of aliphatic imine (C=N–C) groups is 1. The first-order valence-corrected chi connectivity index (χ1v) is 6.97. The Bertz CT molecular complexity index is 405. The van der Waals surface area contributed by atoms with Gasteiger partial charge in [-0.25, -0.2) is 4.98 Å². The van der Waals surface area contributed by atoms with Gasteiger partial charge in [0, 0.05) is 30.4 Å². The van der Waals surface area contributed by atoms with Crippen LogP contribution in [0.25, 0.3) is 0 Å². The highest BCUT2D eigenvalue weighted by atomic mass is 35.5. The Hall–Kier alpha value is -0.990. The molecule has 0 radical (unpaired) electrons. The Morgan fingerprint density at radius 3 is 2.94 bits per heavy atom. The summed E-state index contributed by atoms with van der Waals surface area (Å²) in [4.78, 5) is 19.1. The molecule has 0 fully saturated rings. The van der Waals surface area contributed by atoms with Gasteiger partial charge in [0.05, 0.1) is 5.69 Å². The number of guanidine groups is 1. The minimum Gasteiger partial charge on any atom is -0.370 e. The SMILES string of the molecule is CNC(=O)CCSCc1csc(N=C(N)N)n1.Cl. The van der Waals surface area contributed by atoms with Gasteiger partial charge in [0.25, 0.3) is 0 Å². The molecule has 9 heteroatoms. The molecule has 0 aliphatic rings. The maximum absolute atomic E-state index is 11.0. The molecule has 5 N–H and O–H groups in total. The summed E-state index contributed by atoms with van der Waals surface area (Å²) >= 11 is 3.05. The molecule has 1 aromatic heterocycles. The van der Waals surface area contributed by atoms with Gasteiger partial charge in [-0.3, -0.25) is 4.79 Å². The summed E-state index contributed by atoms with van der Waals surface area (Å²) in [6, 6.07) is 0. The number of carbonyl (C=O) groups excluding carboxylic acids is 1. The fourth-order valence-corrected chi connectivity index (χ4v) is 2.63. The lowest BCUT2D eigenvalue weighted by molar-refractivity contribution is -0.120. The molecular formula is C9H16ClN5OS2. The van der Waals surface area contributed by atoms with Crippen LogP contribution in [0.3, 0.4) is 0 Å². The molecule has 1 aromatic rings. The van der Waals surface area contributed by atoms with Crippen LogP contribution >= 0.6 is 35.5 Å². The molecule has 1 amide bonds. The minimum atomic E-state index is 0. The van der Waals surface area contributed by atoms with Gasteiger partial charge in [-0.15, -0.1) is 23.7 Å². The Labute approximate surface area is 120 Å². The number of halogens is 1. The number of hydrogen-bond donors (Lipinski definition) is 3. The van der Waals surface area contributed by atoms with E-state index in [4.69, 9.17) is 11.5 Å². The Morgan fingerprint density at radius 2 is 2.33 bits per heavy atom. The normalized spacial score (nSPS) is 9.39. The zero-order valence-electron chi connectivity index (χ0n) is 9.88. The van der Waals surface area contributed by atoms with Crippen LogP contribution < -0.4 is 16.8 Å². The molecule has 0 aliphatic carbocycles. The summed E-state index contributed by atoms with van der Waals surface area (Å²) in [5.74, 6) is 1.60. The number of amides is 1. The van der Waals surface area contributed by atoms with Crippen molar-refractivity contribution >= 4 is 52.5 Å². The molecule has 0 aromatic carbocycles. The molecule has 0 saturated carbocycles. The number of nitrogens with zero attached hydrogens (tertiary/aromatic N) is 2. The summed E-state index contributed by atoms with van der Waals surface area (Å²) in [6.07, 6.45) is 0.520. The third-order valence-electron chi connectivity index (χ3n) is 1.77. The van der Waals surface area contributed by atoms with Gasteiger partial charge in [0.15, 0.2) is 5.96 Å². The van der Waals surface area contributed by atoms with Gasteiger partial charge >= 0.3 is 0 Å². The molecule has 0 unspecified atom stereocenters. The van der Waals surface area contributed by atoms with Crippen LogP contribution in [0.2, 0.25) is 0 Å². The third-order valence-corrected chi connectivity index (χ3v) is 3.54. The van der Waals surface area contributed by atoms with Crippen LogP contribution in [0.4, 0.5) is 5.13 Å². The number of aromatic nitrogens is 1. The first-order chi connectivity index (χ1) is 8.11. The number of rotatable bonds is 6. The minimum absolute atomic E-state index is 0. The van der Waals surface area contributed by atoms with Crippen molar-refractivity contribution in [3.05, 3.63) is 11.1 Å². The lowest BCUT2D eigenvalue weighted by Gasteiger charge is -1.98. The molecule has 0 aliphatic heterocycles. The van der Waals surface area contributed by atoms with Gasteiger partial charge in [0.2, 0.25) is 11.0 Å². The quantitative estimate of drug-likeness (QED) is 0.410. The first-order valence-electron chi connectivity index (χ1n) is 4.94. The predicted octanol–water partition coefficient (Wildman–Crippen LogP) is 0.839. The van der Waals surface area contributed by atoms with E-state index in [-0.39, 0.29) is 24.3 Å². The van der Waals surface area contributed by atoms with E-state index >= 15 is 0 Å². The van der Waals surface area contributed by atoms with Crippen LogP contribution in [0.1, 0.15) is 12.1 Å². The second kappa shape index (κ2) is 9.01. The topological polar surface area (TPSA) is 106 Å². The van der Waals surface area contributed by atoms with Crippen LogP contribution in [0.15, 0.2) is 10.4 Å². The second-order valence-corrected chi connectivity index (χ2v) is 5.08. The summed E-state index contributed by atoms with van der Waals surface area (Å²) in [5, 5.41) is 5.05. The van der Waals surface area contributed by atoms with Crippen LogP contribution in [-0.2, 0) is 10.5 Å². The van der Waals surface area contributed by atoms with Gasteiger partial charge in [-0.2, -0.15) is 16.8 Å². The fourth-order valence-electron chi connectivity index (χ4n) is 0.991. The molecule has 0 saturated heterocycles. The van der Waals surface area contributed by atoms with E-state index in [0.717, 1.165) is 17.2 Å². The zero-order chi connectivity index (χ0) is 12.7. The summed E-state index contributed by atoms with van der Waals surface area (Å²) in [6.45, 7) is 0. The van der Waals surface area contributed by atoms with Crippen LogP contribution in [-0.4, -0.2) is 29.7 Å². The number of carbonyl (C=O) groups is 1. The highest BCUT2D eigenvalue weighted by Crippen LogP contribution is 2.21. The fraction of sp³-hybridized carbons (Fsp3) is 0.444. The first kappa shape index (κ1) is 17.0. The van der Waals surface area contributed by atoms with Crippen molar-refractivity contribution in [3.8, 4) is 0 Å². The molecule has 1 heterocycles. The highest BCUT2D eigenvalue weighted by molar-refractivity contribution is 7.98. The molecule has 0 bridgehead atoms. The van der Waals surface area contributed by atoms with E-state index in [2.05, 4.69) is 15.3 Å². The lowest BCUT2D eigenvalue weighted by atomic mass is 10.5. The predicted molar refractivity (Wildman–Crippen MR) is 79.7 cm³/mol. The summed E-state index contributed by atoms with van der Waals surface area (Å²) < 4.78 is 0. The van der Waals surface area contributed by atoms with Gasteiger partial charge in [-0.05, 0) is 0 Å². The van der Waals surface area contributed by atoms with Crippen LogP contribution in [0.5, 0.6) is 0 Å². The summed E-state index contributed by atoms with van der Waals surface area (Å²) in [5.41, 5.74) is 11.4. The Kier molecular flexibility index (Phi) is 8.51. The van der Waals surface area contributed by atoms with Crippen molar-refractivity contribution < 1.29 is 4.79 Å². The molecule has 6 nitrogen and oxygen atoms in total. The van der Waals surface area contributed by atoms with E-state index in [1.165, 1.54) is 11.3 Å². The molecular weight excluding hydrogens is 294 g/mol. The standard InChI is InChI=1S/C9H15N5OS2.ClH/c1-12-7(15)2-3-16-4-6-5-17-9(13-6)14-8(10)11;/h5H,2-4H2,1H3,(H,12,15)(H4,10,11,13,14);1H. The molecule has 18 heavy (non-hydrogen) atoms. The maximum Gasteiger partial charge on any atom is 0.220 e. The third kappa shape index (κ3) is 6.67. The molecule has 0 atom stereocenters. The molecule has 1 rings (SSSR count). The number of hydrogen-bond acceptors (Lipinski definition) is 5. The van der Waals surface area contributed by atoms with E-state index in [9.17, 15) is 4.79 Å². The van der Waals surface area contributed by atoms with Gasteiger partial charge < -0.3 is 16.8 Å². The number of thiazole rings is 1. The highest BCUT2D eigenvalue weighted by Gasteiger charge is 2.02. The van der Waals surface area contributed by atoms with Crippen molar-refractivity contribution in [2.24, 2.45) is 16.5 Å². The van der Waals surface area contributed by atoms with Gasteiger partial charge in [0.1, 0.15) is 0 Å². The van der Waals surface area contributed by atoms with Crippen molar-refractivity contribution in [3.63, 3.8) is 0 Å². The van der Waals surface area contributed by atoms with Crippen molar-refractivity contribution in [1.29, 1.82) is 0 Å². The monoisotopic (exact) mass is 309 g/mol. The largest absolute Gasteiger partial charge is 0.370 e. The second-order valence-electron chi connectivity index (χ2n) is 3.13. The van der Waals surface area contributed by atoms with Crippen LogP contribution in [0, 0.1) is 0 Å². The van der Waals surface area contributed by atoms with Crippen molar-refractivity contribution in [2.75, 3.05) is 12.8 Å². The Morgan fingerprint density at radius 1 is 1.61 bits per heavy atom. The smallest absolute Gasteiger partial charge is 0.220 e. The summed E-state index contributed by atoms with van der Waals surface area (Å²) in [7, 11) is 1.63. The maximum atomic E-state index is 11.0. The zero-order valence-corrected chi connectivity index (χ0v) is 12.3. The van der Waals surface area contributed by atoms with E-state index < -0.39 is 0 Å². The number of nitrogens with two attached hydrogens (primary N) is 2. The van der Waals surface area contributed by atoms with Crippen molar-refractivity contribution in [2.45, 2.75) is 12.2 Å². The average Bonchev–Trinajstić information content (AvgIpc) is 2.70. The van der Waals surface area contributed by atoms with Crippen molar-refractivity contribution in [1.82, 2.24) is 10.3 Å². The number of nitrogens with one attached hydrogen (secondary N) is 1. The number of thioether (sulfide) groups is 1. The molecule has 102 valence electrons. The molecule has 0 spiro atoms. The van der Waals surface area contributed by atoms with E-state index in [0.29, 0.717) is 11.6 Å². The van der Waals surface area contributed by atoms with Gasteiger partial charge in [-0.1, -0.05) is 0 Å². The van der Waals surface area contributed by atoms with E-state index in [1.54, 1.807) is 18.8 Å².